The Morgan fingerprint density at radius 1 is 1.20 bits per heavy atom. The zero-order valence-electron chi connectivity index (χ0n) is 17.3. The molecule has 6 rings (SSSR count). The van der Waals surface area contributed by atoms with Crippen LogP contribution in [0.3, 0.4) is 0 Å². The summed E-state index contributed by atoms with van der Waals surface area (Å²) < 4.78 is 5.77. The quantitative estimate of drug-likeness (QED) is 0.663. The first-order valence-electron chi connectivity index (χ1n) is 11.6. The number of nitrogens with zero attached hydrogens (tertiary/aromatic N) is 1. The first kappa shape index (κ1) is 18.8. The van der Waals surface area contributed by atoms with Crippen molar-refractivity contribution in [2.75, 3.05) is 13.1 Å². The molecule has 1 aromatic carbocycles. The van der Waals surface area contributed by atoms with Crippen molar-refractivity contribution in [2.45, 2.75) is 62.8 Å². The third-order valence-corrected chi connectivity index (χ3v) is 8.23. The highest BCUT2D eigenvalue weighted by molar-refractivity contribution is 5.85. The van der Waals surface area contributed by atoms with Crippen LogP contribution < -0.4 is 5.73 Å². The monoisotopic (exact) mass is 409 g/mol. The number of aromatic amines is 1. The van der Waals surface area contributed by atoms with Gasteiger partial charge in [0.2, 0.25) is 0 Å². The molecule has 4 N–H and O–H groups in total. The maximum atomic E-state index is 13.1. The third kappa shape index (κ3) is 2.92. The van der Waals surface area contributed by atoms with Crippen LogP contribution in [-0.4, -0.2) is 52.3 Å². The van der Waals surface area contributed by atoms with Crippen LogP contribution >= 0.6 is 0 Å². The van der Waals surface area contributed by atoms with Gasteiger partial charge in [0.25, 0.3) is 0 Å². The number of aliphatic hydroxyl groups excluding tert-OH is 1. The van der Waals surface area contributed by atoms with Gasteiger partial charge in [-0.15, -0.1) is 0 Å². The number of nitrogens with two attached hydrogens (primary N) is 1. The maximum absolute atomic E-state index is 13.1. The van der Waals surface area contributed by atoms with E-state index in [0.29, 0.717) is 18.4 Å². The van der Waals surface area contributed by atoms with Gasteiger partial charge in [-0.1, -0.05) is 18.2 Å². The molecular weight excluding hydrogens is 378 g/mol. The molecule has 6 nitrogen and oxygen atoms in total. The number of hydrogen-bond acceptors (Lipinski definition) is 5. The van der Waals surface area contributed by atoms with Gasteiger partial charge in [-0.05, 0) is 62.0 Å². The number of hydrogen-bond donors (Lipinski definition) is 3. The first-order valence-corrected chi connectivity index (χ1v) is 11.6. The van der Waals surface area contributed by atoms with E-state index in [1.54, 1.807) is 0 Å². The number of piperidine rings is 1. The summed E-state index contributed by atoms with van der Waals surface area (Å²) in [4.78, 5) is 19.4. The Hall–Kier alpha value is -1.89. The van der Waals surface area contributed by atoms with Crippen LogP contribution in [0.4, 0.5) is 0 Å². The molecule has 5 atom stereocenters. The van der Waals surface area contributed by atoms with Gasteiger partial charge in [0.15, 0.2) is 0 Å². The molecular formula is C24H31N3O3. The number of aliphatic hydroxyl groups is 1. The second-order valence-electron chi connectivity index (χ2n) is 9.94. The second kappa shape index (κ2) is 7.08. The van der Waals surface area contributed by atoms with Crippen LogP contribution in [0.1, 0.15) is 49.4 Å². The van der Waals surface area contributed by atoms with Crippen LogP contribution in [0.2, 0.25) is 0 Å². The smallest absolute Gasteiger partial charge is 0.312 e. The number of benzene rings is 1. The van der Waals surface area contributed by atoms with Crippen molar-refractivity contribution in [1.29, 1.82) is 0 Å². The van der Waals surface area contributed by atoms with E-state index < -0.39 is 12.0 Å². The molecule has 2 saturated carbocycles. The summed E-state index contributed by atoms with van der Waals surface area (Å²) in [5.74, 6) is 0.0260. The number of para-hydroxylation sites is 1. The lowest BCUT2D eigenvalue weighted by molar-refractivity contribution is -0.173. The molecule has 0 spiro atoms. The standard InChI is InChI=1S/C24H31N3O3/c25-14-9-15(10-14)30-24(29)22-18-11-20-23-17(16-3-1-2-4-19(16)26-23)7-8-27(20)12-13(18)5-6-21(22)28/h1-4,13-15,18,20-22,26,28H,5-12,25H2/t13-,14?,15?,18-,20-,21-,22+/m0/s1. The van der Waals surface area contributed by atoms with Crippen LogP contribution in [0.5, 0.6) is 0 Å². The lowest BCUT2D eigenvalue weighted by Crippen LogP contribution is -2.54. The van der Waals surface area contributed by atoms with Crippen LogP contribution in [0.15, 0.2) is 24.3 Å². The Balaban J connectivity index is 1.29. The number of aromatic nitrogens is 1. The molecule has 6 heteroatoms. The Labute approximate surface area is 176 Å². The molecule has 30 heavy (non-hydrogen) atoms. The predicted molar refractivity (Wildman–Crippen MR) is 114 cm³/mol. The van der Waals surface area contributed by atoms with E-state index in [4.69, 9.17) is 10.5 Å². The van der Waals surface area contributed by atoms with Gasteiger partial charge in [0.1, 0.15) is 6.10 Å². The van der Waals surface area contributed by atoms with Gasteiger partial charge in [-0.2, -0.15) is 0 Å². The molecule has 4 aliphatic rings. The number of H-pyrrole nitrogens is 1. The molecule has 3 fully saturated rings. The minimum atomic E-state index is -0.593. The highest BCUT2D eigenvalue weighted by atomic mass is 16.5. The second-order valence-corrected chi connectivity index (χ2v) is 9.94. The number of nitrogens with one attached hydrogen (secondary N) is 1. The molecule has 0 unspecified atom stereocenters. The van der Waals surface area contributed by atoms with Gasteiger partial charge < -0.3 is 20.6 Å². The lowest BCUT2D eigenvalue weighted by Gasteiger charge is -2.51. The molecule has 2 aliphatic heterocycles. The number of rotatable bonds is 2. The van der Waals surface area contributed by atoms with E-state index in [1.165, 1.54) is 22.2 Å². The number of carbonyl (C=O) groups excluding carboxylic acids is 1. The van der Waals surface area contributed by atoms with E-state index in [1.807, 2.05) is 0 Å². The third-order valence-electron chi connectivity index (χ3n) is 8.23. The minimum absolute atomic E-state index is 0.0600. The Morgan fingerprint density at radius 2 is 2.03 bits per heavy atom. The summed E-state index contributed by atoms with van der Waals surface area (Å²) in [7, 11) is 0. The highest BCUT2D eigenvalue weighted by Gasteiger charge is 2.50. The summed E-state index contributed by atoms with van der Waals surface area (Å²) in [6.45, 7) is 2.08. The summed E-state index contributed by atoms with van der Waals surface area (Å²) in [5, 5.41) is 12.1. The molecule has 2 aliphatic carbocycles. The molecule has 1 aromatic heterocycles. The van der Waals surface area contributed by atoms with Crippen molar-refractivity contribution in [2.24, 2.45) is 23.5 Å². The topological polar surface area (TPSA) is 91.6 Å². The van der Waals surface area contributed by atoms with Gasteiger partial charge in [-0.3, -0.25) is 9.69 Å². The molecule has 1 saturated heterocycles. The van der Waals surface area contributed by atoms with Crippen molar-refractivity contribution in [1.82, 2.24) is 9.88 Å². The van der Waals surface area contributed by atoms with Crippen molar-refractivity contribution >= 4 is 16.9 Å². The van der Waals surface area contributed by atoms with Crippen LogP contribution in [-0.2, 0) is 16.0 Å². The normalized spacial score (nSPS) is 38.3. The van der Waals surface area contributed by atoms with E-state index >= 15 is 0 Å². The van der Waals surface area contributed by atoms with E-state index in [9.17, 15) is 9.90 Å². The number of fused-ring (bicyclic) bond motifs is 6. The fraction of sp³-hybridized carbons (Fsp3) is 0.625. The zero-order valence-corrected chi connectivity index (χ0v) is 17.3. The zero-order chi connectivity index (χ0) is 20.4. The average Bonchev–Trinajstić information content (AvgIpc) is 3.10. The van der Waals surface area contributed by atoms with Crippen molar-refractivity contribution < 1.29 is 14.6 Å². The maximum Gasteiger partial charge on any atom is 0.312 e. The summed E-state index contributed by atoms with van der Waals surface area (Å²) in [6.07, 6.45) is 4.51. The molecule has 0 bridgehead atoms. The van der Waals surface area contributed by atoms with E-state index in [2.05, 4.69) is 34.1 Å². The SMILES string of the molecule is NC1CC(OC(=O)[C@@H]2[C@H]3C[C@H]4c5[nH]c6ccccc6c5CCN4C[C@@H]3CC[C@@H]2O)C1. The minimum Gasteiger partial charge on any atom is -0.462 e. The van der Waals surface area contributed by atoms with Crippen molar-refractivity contribution in [3.05, 3.63) is 35.5 Å². The summed E-state index contributed by atoms with van der Waals surface area (Å²) in [6, 6.07) is 8.99. The fourth-order valence-corrected chi connectivity index (χ4v) is 6.61. The van der Waals surface area contributed by atoms with Gasteiger partial charge in [0.05, 0.1) is 18.1 Å². The van der Waals surface area contributed by atoms with Crippen LogP contribution in [0, 0.1) is 17.8 Å². The fourth-order valence-electron chi connectivity index (χ4n) is 6.61. The number of carbonyl (C=O) groups is 1. The van der Waals surface area contributed by atoms with E-state index in [0.717, 1.165) is 45.2 Å². The average molecular weight is 410 g/mol. The number of esters is 1. The van der Waals surface area contributed by atoms with Crippen molar-refractivity contribution in [3.63, 3.8) is 0 Å². The molecule has 2 aromatic rings. The summed E-state index contributed by atoms with van der Waals surface area (Å²) in [5.41, 5.74) is 9.81. The Morgan fingerprint density at radius 3 is 2.87 bits per heavy atom. The largest absolute Gasteiger partial charge is 0.462 e. The van der Waals surface area contributed by atoms with Gasteiger partial charge in [-0.25, -0.2) is 0 Å². The van der Waals surface area contributed by atoms with E-state index in [-0.39, 0.29) is 24.0 Å². The lowest BCUT2D eigenvalue weighted by atomic mass is 9.65. The molecule has 0 amide bonds. The predicted octanol–water partition coefficient (Wildman–Crippen LogP) is 2.51. The Bertz CT molecular complexity index is 966. The summed E-state index contributed by atoms with van der Waals surface area (Å²) >= 11 is 0. The number of ether oxygens (including phenoxy) is 1. The van der Waals surface area contributed by atoms with Gasteiger partial charge >= 0.3 is 5.97 Å². The van der Waals surface area contributed by atoms with Crippen LogP contribution in [0.25, 0.3) is 10.9 Å². The van der Waals surface area contributed by atoms with Gasteiger partial charge in [0, 0.05) is 35.7 Å². The molecule has 160 valence electrons. The molecule has 0 radical (unpaired) electrons. The van der Waals surface area contributed by atoms with Crippen molar-refractivity contribution in [3.8, 4) is 0 Å². The Kier molecular flexibility index (Phi) is 4.44. The molecule has 3 heterocycles. The first-order chi connectivity index (χ1) is 14.6. The highest BCUT2D eigenvalue weighted by Crippen LogP contribution is 2.49.